The predicted octanol–water partition coefficient (Wildman–Crippen LogP) is 3.20. The Morgan fingerprint density at radius 2 is 2.00 bits per heavy atom. The number of thiazole rings is 1. The van der Waals surface area contributed by atoms with Crippen molar-refractivity contribution >= 4 is 16.5 Å². The number of aromatic nitrogens is 1. The molecule has 0 aromatic carbocycles. The van der Waals surface area contributed by atoms with E-state index in [0.717, 1.165) is 19.5 Å². The van der Waals surface area contributed by atoms with E-state index in [1.807, 2.05) is 11.3 Å². The van der Waals surface area contributed by atoms with Crippen molar-refractivity contribution in [3.05, 3.63) is 10.6 Å². The average Bonchev–Trinajstić information content (AvgIpc) is 2.78. The molecule has 106 valence electrons. The summed E-state index contributed by atoms with van der Waals surface area (Å²) >= 11 is 1.91. The molecular formula is C15H25N3S. The Labute approximate surface area is 120 Å². The van der Waals surface area contributed by atoms with Crippen LogP contribution in [0.3, 0.4) is 0 Å². The van der Waals surface area contributed by atoms with Crippen LogP contribution in [-0.4, -0.2) is 24.6 Å². The Hall–Kier alpha value is -0.610. The maximum absolute atomic E-state index is 4.86. The molecule has 1 fully saturated rings. The lowest BCUT2D eigenvalue weighted by Crippen LogP contribution is -2.56. The maximum Gasteiger partial charge on any atom is 0.185 e. The number of hydrogen-bond acceptors (Lipinski definition) is 4. The third-order valence-electron chi connectivity index (χ3n) is 4.47. The Kier molecular flexibility index (Phi) is 3.81. The van der Waals surface area contributed by atoms with Gasteiger partial charge in [0, 0.05) is 42.9 Å². The van der Waals surface area contributed by atoms with Crippen molar-refractivity contribution in [1.29, 1.82) is 0 Å². The highest BCUT2D eigenvalue weighted by molar-refractivity contribution is 7.15. The van der Waals surface area contributed by atoms with E-state index < -0.39 is 0 Å². The molecule has 4 heteroatoms. The number of fused-ring (bicyclic) bond motifs is 1. The summed E-state index contributed by atoms with van der Waals surface area (Å²) in [5.74, 6) is 0. The van der Waals surface area contributed by atoms with Crippen molar-refractivity contribution < 1.29 is 0 Å². The Balaban J connectivity index is 1.67. The van der Waals surface area contributed by atoms with E-state index in [1.54, 1.807) is 0 Å². The van der Waals surface area contributed by atoms with Crippen LogP contribution in [0.15, 0.2) is 0 Å². The summed E-state index contributed by atoms with van der Waals surface area (Å²) in [6, 6.07) is 0. The van der Waals surface area contributed by atoms with Gasteiger partial charge in [0.05, 0.1) is 5.69 Å². The largest absolute Gasteiger partial charge is 0.347 e. The fourth-order valence-electron chi connectivity index (χ4n) is 3.65. The van der Waals surface area contributed by atoms with Crippen molar-refractivity contribution in [1.82, 2.24) is 10.3 Å². The molecule has 0 saturated carbocycles. The van der Waals surface area contributed by atoms with Gasteiger partial charge in [-0.1, -0.05) is 26.7 Å². The van der Waals surface area contributed by atoms with Crippen LogP contribution in [-0.2, 0) is 13.0 Å². The van der Waals surface area contributed by atoms with Crippen LogP contribution in [0, 0.1) is 5.41 Å². The topological polar surface area (TPSA) is 28.2 Å². The molecule has 3 rings (SSSR count). The summed E-state index contributed by atoms with van der Waals surface area (Å²) in [5.41, 5.74) is 1.94. The molecule has 0 unspecified atom stereocenters. The molecule has 2 aliphatic rings. The van der Waals surface area contributed by atoms with Gasteiger partial charge >= 0.3 is 0 Å². The molecule has 0 spiro atoms. The highest BCUT2D eigenvalue weighted by atomic mass is 32.1. The fraction of sp³-hybridized carbons (Fsp3) is 0.800. The lowest BCUT2D eigenvalue weighted by atomic mass is 9.73. The van der Waals surface area contributed by atoms with Crippen molar-refractivity contribution in [3.8, 4) is 0 Å². The van der Waals surface area contributed by atoms with Gasteiger partial charge in [-0.15, -0.1) is 11.3 Å². The van der Waals surface area contributed by atoms with E-state index in [4.69, 9.17) is 4.98 Å². The first-order chi connectivity index (χ1) is 9.26. The summed E-state index contributed by atoms with van der Waals surface area (Å²) < 4.78 is 0. The van der Waals surface area contributed by atoms with Crippen LogP contribution in [0.2, 0.25) is 0 Å². The van der Waals surface area contributed by atoms with E-state index in [-0.39, 0.29) is 0 Å². The molecule has 3 nitrogen and oxygen atoms in total. The molecule has 1 aromatic rings. The first-order valence-electron chi connectivity index (χ1n) is 7.70. The van der Waals surface area contributed by atoms with Crippen LogP contribution in [0.1, 0.15) is 50.1 Å². The molecule has 0 amide bonds. The second kappa shape index (κ2) is 5.41. The molecule has 0 bridgehead atoms. The summed E-state index contributed by atoms with van der Waals surface area (Å²) in [5, 5.41) is 4.71. The lowest BCUT2D eigenvalue weighted by Gasteiger charge is -2.50. The Bertz CT molecular complexity index is 403. The van der Waals surface area contributed by atoms with Gasteiger partial charge in [0.15, 0.2) is 5.13 Å². The second-order valence-corrected chi connectivity index (χ2v) is 7.21. The minimum atomic E-state index is 0.591. The smallest absolute Gasteiger partial charge is 0.185 e. The second-order valence-electron chi connectivity index (χ2n) is 6.15. The maximum atomic E-state index is 4.86. The molecule has 19 heavy (non-hydrogen) atoms. The predicted molar refractivity (Wildman–Crippen MR) is 82.0 cm³/mol. The molecule has 3 heterocycles. The minimum absolute atomic E-state index is 0.591. The number of nitrogens with one attached hydrogen (secondary N) is 1. The van der Waals surface area contributed by atoms with Gasteiger partial charge in [-0.2, -0.15) is 0 Å². The van der Waals surface area contributed by atoms with Gasteiger partial charge in [-0.05, 0) is 12.8 Å². The standard InChI is InChI=1S/C15H25N3S/c1-3-6-15(7-4-2)10-18(11-15)14-17-12-5-8-16-9-13(12)19-14/h16H,3-11H2,1-2H3. The van der Waals surface area contributed by atoms with Crippen LogP contribution >= 0.6 is 11.3 Å². The molecule has 1 saturated heterocycles. The van der Waals surface area contributed by atoms with Gasteiger partial charge in [0.2, 0.25) is 0 Å². The molecular weight excluding hydrogens is 254 g/mol. The molecule has 0 aliphatic carbocycles. The monoisotopic (exact) mass is 279 g/mol. The molecule has 0 atom stereocenters. The van der Waals surface area contributed by atoms with Crippen LogP contribution < -0.4 is 10.2 Å². The summed E-state index contributed by atoms with van der Waals surface area (Å²) in [7, 11) is 0. The quantitative estimate of drug-likeness (QED) is 0.897. The average molecular weight is 279 g/mol. The van der Waals surface area contributed by atoms with E-state index in [2.05, 4.69) is 24.1 Å². The first-order valence-corrected chi connectivity index (χ1v) is 8.52. The zero-order chi connectivity index (χ0) is 13.3. The number of hydrogen-bond donors (Lipinski definition) is 1. The normalized spacial score (nSPS) is 21.1. The highest BCUT2D eigenvalue weighted by Crippen LogP contribution is 2.43. The van der Waals surface area contributed by atoms with Gasteiger partial charge in [-0.3, -0.25) is 0 Å². The van der Waals surface area contributed by atoms with Crippen molar-refractivity contribution in [2.45, 2.75) is 52.5 Å². The van der Waals surface area contributed by atoms with Crippen molar-refractivity contribution in [2.75, 3.05) is 24.5 Å². The van der Waals surface area contributed by atoms with Crippen molar-refractivity contribution in [3.63, 3.8) is 0 Å². The molecule has 1 N–H and O–H groups in total. The van der Waals surface area contributed by atoms with Crippen LogP contribution in [0.5, 0.6) is 0 Å². The summed E-state index contributed by atoms with van der Waals surface area (Å²) in [6.07, 6.45) is 6.49. The number of nitrogens with zero attached hydrogens (tertiary/aromatic N) is 2. The molecule has 1 aromatic heterocycles. The summed E-state index contributed by atoms with van der Waals surface area (Å²) in [6.45, 7) is 9.20. The summed E-state index contributed by atoms with van der Waals surface area (Å²) in [4.78, 5) is 8.83. The van der Waals surface area contributed by atoms with Gasteiger partial charge < -0.3 is 10.2 Å². The zero-order valence-electron chi connectivity index (χ0n) is 12.2. The first kappa shape index (κ1) is 13.4. The Morgan fingerprint density at radius 3 is 2.63 bits per heavy atom. The third-order valence-corrected chi connectivity index (χ3v) is 5.63. The van der Waals surface area contributed by atoms with Crippen LogP contribution in [0.25, 0.3) is 0 Å². The molecule has 2 aliphatic heterocycles. The fourth-order valence-corrected chi connectivity index (χ4v) is 4.72. The van der Waals surface area contributed by atoms with Gasteiger partial charge in [0.1, 0.15) is 0 Å². The zero-order valence-corrected chi connectivity index (χ0v) is 13.0. The minimum Gasteiger partial charge on any atom is -0.347 e. The van der Waals surface area contributed by atoms with E-state index >= 15 is 0 Å². The van der Waals surface area contributed by atoms with E-state index in [1.165, 1.54) is 54.5 Å². The number of rotatable bonds is 5. The third kappa shape index (κ3) is 2.52. The Morgan fingerprint density at radius 1 is 1.26 bits per heavy atom. The van der Waals surface area contributed by atoms with Gasteiger partial charge in [-0.25, -0.2) is 4.98 Å². The van der Waals surface area contributed by atoms with Crippen molar-refractivity contribution in [2.24, 2.45) is 5.41 Å². The number of anilines is 1. The van der Waals surface area contributed by atoms with Gasteiger partial charge in [0.25, 0.3) is 0 Å². The lowest BCUT2D eigenvalue weighted by molar-refractivity contribution is 0.173. The highest BCUT2D eigenvalue weighted by Gasteiger charge is 2.42. The van der Waals surface area contributed by atoms with E-state index in [0.29, 0.717) is 5.41 Å². The SMILES string of the molecule is CCCC1(CCC)CN(c2nc3c(s2)CNCC3)C1. The van der Waals surface area contributed by atoms with Crippen LogP contribution in [0.4, 0.5) is 5.13 Å². The van der Waals surface area contributed by atoms with E-state index in [9.17, 15) is 0 Å². The molecule has 0 radical (unpaired) electrons.